The number of fused-ring (bicyclic) bond motifs is 1. The molecule has 27 heavy (non-hydrogen) atoms. The molecule has 0 unspecified atom stereocenters. The van der Waals surface area contributed by atoms with Gasteiger partial charge in [0.1, 0.15) is 5.52 Å². The Bertz CT molecular complexity index is 1030. The quantitative estimate of drug-likeness (QED) is 0.407. The van der Waals surface area contributed by atoms with E-state index in [1.807, 2.05) is 4.90 Å². The number of aromatic nitrogens is 1. The van der Waals surface area contributed by atoms with Gasteiger partial charge in [-0.2, -0.15) is 0 Å². The Morgan fingerprint density at radius 2 is 1.96 bits per heavy atom. The molecule has 0 atom stereocenters. The van der Waals surface area contributed by atoms with Crippen molar-refractivity contribution in [3.05, 3.63) is 50.4 Å². The van der Waals surface area contributed by atoms with E-state index in [-0.39, 0.29) is 5.91 Å². The van der Waals surface area contributed by atoms with E-state index in [0.717, 1.165) is 25.9 Å². The summed E-state index contributed by atoms with van der Waals surface area (Å²) in [6, 6.07) is 8.74. The second-order valence-electron chi connectivity index (χ2n) is 6.93. The monoisotopic (exact) mass is 466 g/mol. The average Bonchev–Trinajstić information content (AvgIpc) is 3.07. The molecule has 3 aromatic rings. The minimum absolute atomic E-state index is 0.0420. The zero-order valence-electron chi connectivity index (χ0n) is 14.6. The number of carbonyl (C=O) groups excluding carboxylic acids is 1. The van der Waals surface area contributed by atoms with Gasteiger partial charge in [0.15, 0.2) is 5.58 Å². The number of rotatable bonds is 2. The first-order valence-electron chi connectivity index (χ1n) is 8.77. The van der Waals surface area contributed by atoms with Gasteiger partial charge in [0.25, 0.3) is 5.91 Å². The lowest BCUT2D eigenvalue weighted by molar-refractivity contribution is 0.0697. The van der Waals surface area contributed by atoms with Crippen LogP contribution in [0.25, 0.3) is 22.6 Å². The van der Waals surface area contributed by atoms with Crippen LogP contribution in [0.15, 0.2) is 39.2 Å². The molecule has 7 heteroatoms. The lowest BCUT2D eigenvalue weighted by Crippen LogP contribution is -2.37. The van der Waals surface area contributed by atoms with Gasteiger partial charge < -0.3 is 9.32 Å². The lowest BCUT2D eigenvalue weighted by atomic mass is 9.98. The Hall–Kier alpha value is -1.56. The third kappa shape index (κ3) is 3.73. The number of benzene rings is 2. The van der Waals surface area contributed by atoms with Crippen LogP contribution < -0.4 is 0 Å². The third-order valence-electron chi connectivity index (χ3n) is 4.93. The van der Waals surface area contributed by atoms with Gasteiger partial charge in [0.2, 0.25) is 5.89 Å². The number of carbonyl (C=O) groups is 1. The predicted octanol–water partition coefficient (Wildman–Crippen LogP) is 6.44. The molecule has 1 aromatic heterocycles. The molecule has 2 heterocycles. The highest BCUT2D eigenvalue weighted by Gasteiger charge is 2.22. The van der Waals surface area contributed by atoms with Crippen molar-refractivity contribution in [2.45, 2.75) is 19.8 Å². The highest BCUT2D eigenvalue weighted by molar-refractivity contribution is 9.10. The van der Waals surface area contributed by atoms with Crippen molar-refractivity contribution in [3.63, 3.8) is 0 Å². The molecule has 1 aliphatic heterocycles. The summed E-state index contributed by atoms with van der Waals surface area (Å²) in [6.45, 7) is 3.83. The number of halogens is 3. The van der Waals surface area contributed by atoms with Gasteiger partial charge in [0.05, 0.1) is 10.6 Å². The molecule has 1 amide bonds. The molecule has 2 aromatic carbocycles. The molecule has 4 rings (SSSR count). The minimum Gasteiger partial charge on any atom is -0.436 e. The van der Waals surface area contributed by atoms with E-state index >= 15 is 0 Å². The molecule has 4 nitrogen and oxygen atoms in total. The fourth-order valence-electron chi connectivity index (χ4n) is 3.28. The van der Waals surface area contributed by atoms with Crippen molar-refractivity contribution in [1.29, 1.82) is 0 Å². The summed E-state index contributed by atoms with van der Waals surface area (Å²) < 4.78 is 6.52. The lowest BCUT2D eigenvalue weighted by Gasteiger charge is -2.30. The maximum absolute atomic E-state index is 12.8. The summed E-state index contributed by atoms with van der Waals surface area (Å²) in [7, 11) is 0. The summed E-state index contributed by atoms with van der Waals surface area (Å²) in [6.07, 6.45) is 2.09. The summed E-state index contributed by atoms with van der Waals surface area (Å²) in [5.74, 6) is 1.12. The van der Waals surface area contributed by atoms with Crippen molar-refractivity contribution < 1.29 is 9.21 Å². The van der Waals surface area contributed by atoms with Crippen LogP contribution in [0.3, 0.4) is 0 Å². The molecule has 0 bridgehead atoms. The molecule has 0 radical (unpaired) electrons. The van der Waals surface area contributed by atoms with Gasteiger partial charge in [-0.3, -0.25) is 4.79 Å². The molecule has 0 aliphatic carbocycles. The van der Waals surface area contributed by atoms with Crippen LogP contribution in [0.1, 0.15) is 30.1 Å². The first kappa shape index (κ1) is 18.8. The number of hydrogen-bond donors (Lipinski definition) is 0. The summed E-state index contributed by atoms with van der Waals surface area (Å²) in [5.41, 5.74) is 2.53. The zero-order chi connectivity index (χ0) is 19.1. The Kier molecular flexibility index (Phi) is 5.19. The topological polar surface area (TPSA) is 46.3 Å². The second-order valence-corrected chi connectivity index (χ2v) is 8.56. The number of hydrogen-bond acceptors (Lipinski definition) is 3. The number of nitrogens with zero attached hydrogens (tertiary/aromatic N) is 2. The van der Waals surface area contributed by atoms with Crippen LogP contribution in [-0.4, -0.2) is 28.9 Å². The van der Waals surface area contributed by atoms with Crippen LogP contribution in [-0.2, 0) is 0 Å². The largest absolute Gasteiger partial charge is 0.436 e. The maximum Gasteiger partial charge on any atom is 0.253 e. The molecular formula is C20H17BrCl2N2O2. The van der Waals surface area contributed by atoms with Crippen molar-refractivity contribution in [3.8, 4) is 11.5 Å². The van der Waals surface area contributed by atoms with Crippen LogP contribution >= 0.6 is 39.1 Å². The van der Waals surface area contributed by atoms with Crippen molar-refractivity contribution >= 4 is 56.1 Å². The molecule has 1 fully saturated rings. The smallest absolute Gasteiger partial charge is 0.253 e. The zero-order valence-corrected chi connectivity index (χ0v) is 17.7. The maximum atomic E-state index is 12.8. The molecule has 0 N–H and O–H groups in total. The van der Waals surface area contributed by atoms with E-state index in [0.29, 0.717) is 48.6 Å². The Labute approximate surface area is 175 Å². The van der Waals surface area contributed by atoms with E-state index in [1.165, 1.54) is 0 Å². The number of oxazole rings is 1. The fourth-order valence-corrected chi connectivity index (χ4v) is 4.17. The van der Waals surface area contributed by atoms with E-state index < -0.39 is 0 Å². The van der Waals surface area contributed by atoms with Crippen LogP contribution in [0, 0.1) is 5.92 Å². The fraction of sp³-hybridized carbons (Fsp3) is 0.300. The van der Waals surface area contributed by atoms with Gasteiger partial charge >= 0.3 is 0 Å². The predicted molar refractivity (Wildman–Crippen MR) is 111 cm³/mol. The van der Waals surface area contributed by atoms with Crippen molar-refractivity contribution in [2.75, 3.05) is 13.1 Å². The normalized spacial score (nSPS) is 15.5. The number of amides is 1. The number of likely N-dealkylation sites (tertiary alicyclic amines) is 1. The first-order chi connectivity index (χ1) is 12.9. The standard InChI is InChI=1S/C20H17BrCl2N2O2/c1-11-4-6-25(7-5-11)20(26)12-2-3-17-16(8-12)24-19(27-17)14-9-13(22)10-15(23)18(14)21/h2-3,8-11H,4-7H2,1H3. The van der Waals surface area contributed by atoms with E-state index in [2.05, 4.69) is 27.8 Å². The van der Waals surface area contributed by atoms with Crippen LogP contribution in [0.5, 0.6) is 0 Å². The Morgan fingerprint density at radius 3 is 2.70 bits per heavy atom. The van der Waals surface area contributed by atoms with Crippen molar-refractivity contribution in [2.24, 2.45) is 5.92 Å². The average molecular weight is 468 g/mol. The van der Waals surface area contributed by atoms with Gasteiger partial charge in [-0.05, 0) is 65.0 Å². The van der Waals surface area contributed by atoms with Gasteiger partial charge in [-0.15, -0.1) is 0 Å². The third-order valence-corrected chi connectivity index (χ3v) is 6.53. The van der Waals surface area contributed by atoms with Crippen LogP contribution in [0.4, 0.5) is 0 Å². The summed E-state index contributed by atoms with van der Waals surface area (Å²) >= 11 is 15.7. The van der Waals surface area contributed by atoms with Gasteiger partial charge in [0, 0.05) is 28.1 Å². The Morgan fingerprint density at radius 1 is 1.22 bits per heavy atom. The van der Waals surface area contributed by atoms with E-state index in [1.54, 1.807) is 30.3 Å². The first-order valence-corrected chi connectivity index (χ1v) is 10.3. The molecule has 0 saturated carbocycles. The Balaban J connectivity index is 1.67. The molecule has 1 saturated heterocycles. The molecule has 1 aliphatic rings. The molecule has 0 spiro atoms. The van der Waals surface area contributed by atoms with E-state index in [9.17, 15) is 4.79 Å². The minimum atomic E-state index is 0.0420. The summed E-state index contributed by atoms with van der Waals surface area (Å²) in [4.78, 5) is 19.2. The molecular weight excluding hydrogens is 451 g/mol. The highest BCUT2D eigenvalue weighted by atomic mass is 79.9. The molecule has 140 valence electrons. The van der Waals surface area contributed by atoms with Gasteiger partial charge in [-0.25, -0.2) is 4.98 Å². The second kappa shape index (κ2) is 7.46. The number of piperidine rings is 1. The SMILES string of the molecule is CC1CCN(C(=O)c2ccc3oc(-c4cc(Cl)cc(Cl)c4Br)nc3c2)CC1. The van der Waals surface area contributed by atoms with Gasteiger partial charge in [-0.1, -0.05) is 30.1 Å². The van der Waals surface area contributed by atoms with Crippen molar-refractivity contribution in [1.82, 2.24) is 9.88 Å². The summed E-state index contributed by atoms with van der Waals surface area (Å²) in [5, 5.41) is 0.977. The van der Waals surface area contributed by atoms with Crippen LogP contribution in [0.2, 0.25) is 10.0 Å². The van der Waals surface area contributed by atoms with E-state index in [4.69, 9.17) is 27.6 Å². The highest BCUT2D eigenvalue weighted by Crippen LogP contribution is 2.37.